The maximum absolute atomic E-state index is 10.2. The highest BCUT2D eigenvalue weighted by atomic mass is 16.3. The molecule has 0 aliphatic rings. The van der Waals surface area contributed by atoms with E-state index >= 15 is 0 Å². The molecule has 0 aromatic carbocycles. The summed E-state index contributed by atoms with van der Waals surface area (Å²) in [6.07, 6.45) is -0.800. The molecule has 0 rings (SSSR count). The average molecular weight is 118 g/mol. The number of hydrogen-bond donors (Lipinski definition) is 3. The van der Waals surface area contributed by atoms with Gasteiger partial charge in [-0.1, -0.05) is 0 Å². The zero-order valence-corrected chi connectivity index (χ0v) is 4.72. The van der Waals surface area contributed by atoms with Crippen LogP contribution in [0.3, 0.4) is 0 Å². The zero-order valence-electron chi connectivity index (χ0n) is 4.72. The van der Waals surface area contributed by atoms with Crippen LogP contribution in [0.5, 0.6) is 0 Å². The minimum absolute atomic E-state index is 0.0785. The fourth-order valence-electron chi connectivity index (χ4n) is 0.292. The normalized spacial score (nSPS) is 12.9. The van der Waals surface area contributed by atoms with E-state index in [0.29, 0.717) is 0 Å². The van der Waals surface area contributed by atoms with Crippen molar-refractivity contribution in [3.8, 4) is 0 Å². The van der Waals surface area contributed by atoms with E-state index in [2.05, 4.69) is 5.32 Å². The molecule has 0 aliphatic heterocycles. The van der Waals surface area contributed by atoms with Crippen LogP contribution in [0.15, 0.2) is 0 Å². The Morgan fingerprint density at radius 3 is 2.62 bits per heavy atom. The van der Waals surface area contributed by atoms with Gasteiger partial charge in [-0.25, -0.2) is 0 Å². The van der Waals surface area contributed by atoms with Gasteiger partial charge in [0.1, 0.15) is 6.23 Å². The van der Waals surface area contributed by atoms with Gasteiger partial charge < -0.3 is 16.2 Å². The summed E-state index contributed by atoms with van der Waals surface area (Å²) >= 11 is 0. The lowest BCUT2D eigenvalue weighted by Gasteiger charge is -2.03. The second kappa shape index (κ2) is 3.40. The van der Waals surface area contributed by atoms with Crippen molar-refractivity contribution in [3.05, 3.63) is 0 Å². The summed E-state index contributed by atoms with van der Waals surface area (Å²) in [7, 11) is 0. The first-order chi connectivity index (χ1) is 3.66. The van der Waals surface area contributed by atoms with Gasteiger partial charge in [0.05, 0.1) is 6.54 Å². The molecule has 1 amide bonds. The highest BCUT2D eigenvalue weighted by Gasteiger charge is 1.97. The third-order valence-electron chi connectivity index (χ3n) is 0.555. The molecule has 4 heteroatoms. The SMILES string of the molecule is CC(O)NC(=O)CN. The van der Waals surface area contributed by atoms with Crippen molar-refractivity contribution in [1.29, 1.82) is 0 Å². The Bertz CT molecular complexity index is 82.1. The van der Waals surface area contributed by atoms with Crippen LogP contribution < -0.4 is 11.1 Å². The van der Waals surface area contributed by atoms with Crippen molar-refractivity contribution in [2.45, 2.75) is 13.2 Å². The first kappa shape index (κ1) is 7.39. The van der Waals surface area contributed by atoms with Crippen LogP contribution in [0, 0.1) is 0 Å². The fourth-order valence-corrected chi connectivity index (χ4v) is 0.292. The van der Waals surface area contributed by atoms with Crippen molar-refractivity contribution in [1.82, 2.24) is 5.32 Å². The van der Waals surface area contributed by atoms with Crippen LogP contribution in [0.2, 0.25) is 0 Å². The monoisotopic (exact) mass is 118 g/mol. The number of nitrogens with one attached hydrogen (secondary N) is 1. The van der Waals surface area contributed by atoms with E-state index in [1.807, 2.05) is 0 Å². The van der Waals surface area contributed by atoms with Gasteiger partial charge in [-0.05, 0) is 6.92 Å². The average Bonchev–Trinajstić information content (AvgIpc) is 1.65. The predicted octanol–water partition coefficient (Wildman–Crippen LogP) is -1.60. The lowest BCUT2D eigenvalue weighted by molar-refractivity contribution is -0.122. The summed E-state index contributed by atoms with van der Waals surface area (Å²) in [5.41, 5.74) is 4.90. The number of amides is 1. The van der Waals surface area contributed by atoms with Crippen LogP contribution in [-0.4, -0.2) is 23.8 Å². The number of hydrogen-bond acceptors (Lipinski definition) is 3. The largest absolute Gasteiger partial charge is 0.374 e. The smallest absolute Gasteiger partial charge is 0.235 e. The molecule has 0 aromatic rings. The molecule has 8 heavy (non-hydrogen) atoms. The van der Waals surface area contributed by atoms with Gasteiger partial charge in [-0.15, -0.1) is 0 Å². The van der Waals surface area contributed by atoms with Crippen LogP contribution in [0.1, 0.15) is 6.92 Å². The van der Waals surface area contributed by atoms with Crippen molar-refractivity contribution < 1.29 is 9.90 Å². The van der Waals surface area contributed by atoms with Crippen molar-refractivity contribution >= 4 is 5.91 Å². The maximum Gasteiger partial charge on any atom is 0.235 e. The van der Waals surface area contributed by atoms with Crippen molar-refractivity contribution in [2.75, 3.05) is 6.54 Å². The van der Waals surface area contributed by atoms with Crippen LogP contribution in [0.25, 0.3) is 0 Å². The van der Waals surface area contributed by atoms with Gasteiger partial charge in [0.15, 0.2) is 0 Å². The highest BCUT2D eigenvalue weighted by molar-refractivity contribution is 5.77. The summed E-state index contributed by atoms with van der Waals surface area (Å²) in [4.78, 5) is 10.2. The van der Waals surface area contributed by atoms with Crippen molar-refractivity contribution in [2.24, 2.45) is 5.73 Å². The van der Waals surface area contributed by atoms with E-state index < -0.39 is 6.23 Å². The van der Waals surface area contributed by atoms with E-state index in [1.54, 1.807) is 0 Å². The molecule has 1 unspecified atom stereocenters. The summed E-state index contributed by atoms with van der Waals surface area (Å²) in [6.45, 7) is 1.37. The number of nitrogens with two attached hydrogens (primary N) is 1. The summed E-state index contributed by atoms with van der Waals surface area (Å²) in [5.74, 6) is -0.347. The molecule has 4 N–H and O–H groups in total. The fraction of sp³-hybridized carbons (Fsp3) is 0.750. The number of aliphatic hydroxyl groups is 1. The van der Waals surface area contributed by atoms with E-state index in [9.17, 15) is 4.79 Å². The molecule has 1 atom stereocenters. The number of carbonyl (C=O) groups excluding carboxylic acids is 1. The molecule has 0 bridgehead atoms. The van der Waals surface area contributed by atoms with Gasteiger partial charge in [-0.3, -0.25) is 4.79 Å². The summed E-state index contributed by atoms with van der Waals surface area (Å²) < 4.78 is 0. The standard InChI is InChI=1S/C4H10N2O2/c1-3(7)6-4(8)2-5/h3,7H,2,5H2,1H3,(H,6,8). The Labute approximate surface area is 47.7 Å². The Kier molecular flexibility index (Phi) is 3.14. The van der Waals surface area contributed by atoms with Crippen molar-refractivity contribution in [3.63, 3.8) is 0 Å². The Hall–Kier alpha value is -0.610. The molecule has 0 saturated carbocycles. The van der Waals surface area contributed by atoms with E-state index in [-0.39, 0.29) is 12.5 Å². The lowest BCUT2D eigenvalue weighted by atomic mass is 10.5. The lowest BCUT2D eigenvalue weighted by Crippen LogP contribution is -2.36. The molecule has 48 valence electrons. The molecule has 0 aromatic heterocycles. The molecule has 0 spiro atoms. The minimum Gasteiger partial charge on any atom is -0.374 e. The van der Waals surface area contributed by atoms with Gasteiger partial charge in [0, 0.05) is 0 Å². The number of rotatable bonds is 2. The topological polar surface area (TPSA) is 75.3 Å². The molecule has 0 fully saturated rings. The molecule has 0 saturated heterocycles. The molecule has 0 radical (unpaired) electrons. The van der Waals surface area contributed by atoms with Crippen LogP contribution in [0.4, 0.5) is 0 Å². The first-order valence-corrected chi connectivity index (χ1v) is 2.34. The number of aliphatic hydroxyl groups excluding tert-OH is 1. The Morgan fingerprint density at radius 2 is 2.50 bits per heavy atom. The molecule has 0 aliphatic carbocycles. The second-order valence-corrected chi connectivity index (χ2v) is 1.45. The quantitative estimate of drug-likeness (QED) is 0.382. The van der Waals surface area contributed by atoms with E-state index in [4.69, 9.17) is 10.8 Å². The van der Waals surface area contributed by atoms with Gasteiger partial charge >= 0.3 is 0 Å². The van der Waals surface area contributed by atoms with E-state index in [0.717, 1.165) is 0 Å². The molecule has 0 heterocycles. The van der Waals surface area contributed by atoms with Gasteiger partial charge in [-0.2, -0.15) is 0 Å². The zero-order chi connectivity index (χ0) is 6.57. The second-order valence-electron chi connectivity index (χ2n) is 1.45. The first-order valence-electron chi connectivity index (χ1n) is 2.34. The minimum atomic E-state index is -0.800. The summed E-state index contributed by atoms with van der Waals surface area (Å²) in [5, 5.41) is 10.7. The molecular weight excluding hydrogens is 108 g/mol. The Balaban J connectivity index is 3.25. The highest BCUT2D eigenvalue weighted by Crippen LogP contribution is 1.68. The predicted molar refractivity (Wildman–Crippen MR) is 28.9 cm³/mol. The van der Waals surface area contributed by atoms with Crippen LogP contribution >= 0.6 is 0 Å². The third-order valence-corrected chi connectivity index (χ3v) is 0.555. The molecular formula is C4H10N2O2. The number of carbonyl (C=O) groups is 1. The maximum atomic E-state index is 10.2. The van der Waals surface area contributed by atoms with Gasteiger partial charge in [0.25, 0.3) is 0 Å². The third kappa shape index (κ3) is 3.58. The van der Waals surface area contributed by atoms with Gasteiger partial charge in [0.2, 0.25) is 5.91 Å². The Morgan fingerprint density at radius 1 is 2.00 bits per heavy atom. The molecule has 4 nitrogen and oxygen atoms in total. The van der Waals surface area contributed by atoms with Crippen LogP contribution in [-0.2, 0) is 4.79 Å². The summed E-state index contributed by atoms with van der Waals surface area (Å²) in [6, 6.07) is 0. The van der Waals surface area contributed by atoms with E-state index in [1.165, 1.54) is 6.92 Å².